The monoisotopic (exact) mass is 391 g/mol. The number of benzene rings is 1. The van der Waals surface area contributed by atoms with E-state index in [9.17, 15) is 4.79 Å². The molecule has 3 rings (SSSR count). The Balaban J connectivity index is 1.52. The first-order valence-corrected chi connectivity index (χ1v) is 12.0. The maximum Gasteiger partial charge on any atom is 0.220 e. The molecule has 142 valence electrons. The van der Waals surface area contributed by atoms with Crippen molar-refractivity contribution >= 4 is 38.5 Å². The SMILES string of the molecule is CC(C)C[C@H](NC(=O)CCCCC1CCSS1)c1nc2ccccc2[nH]1. The van der Waals surface area contributed by atoms with E-state index in [1.54, 1.807) is 0 Å². The number of unbranched alkanes of at least 4 members (excludes halogenated alkanes) is 1. The van der Waals surface area contributed by atoms with Crippen molar-refractivity contribution in [3.05, 3.63) is 30.1 Å². The minimum absolute atomic E-state index is 0.0447. The number of para-hydroxylation sites is 2. The standard InChI is InChI=1S/C20H29N3OS2/c1-14(2)13-18(20-22-16-8-4-5-9-17(16)23-20)21-19(24)10-6-3-7-15-11-12-25-26-15/h4-5,8-9,14-15,18H,3,6-7,10-13H2,1-2H3,(H,21,24)(H,22,23)/t15?,18-/m0/s1. The summed E-state index contributed by atoms with van der Waals surface area (Å²) in [6, 6.07) is 7.98. The van der Waals surface area contributed by atoms with Crippen molar-refractivity contribution in [3.8, 4) is 0 Å². The Hall–Kier alpha value is -1.14. The molecule has 26 heavy (non-hydrogen) atoms. The van der Waals surface area contributed by atoms with E-state index in [2.05, 4.69) is 24.1 Å². The number of nitrogens with one attached hydrogen (secondary N) is 2. The average molecular weight is 392 g/mol. The molecule has 1 aromatic heterocycles. The molecule has 1 fully saturated rings. The fourth-order valence-electron chi connectivity index (χ4n) is 3.34. The van der Waals surface area contributed by atoms with Crippen LogP contribution in [0.2, 0.25) is 0 Å². The van der Waals surface area contributed by atoms with Gasteiger partial charge in [-0.05, 0) is 43.7 Å². The third-order valence-electron chi connectivity index (χ3n) is 4.69. The summed E-state index contributed by atoms with van der Waals surface area (Å²) >= 11 is 0. The maximum atomic E-state index is 12.5. The van der Waals surface area contributed by atoms with E-state index in [4.69, 9.17) is 4.98 Å². The fraction of sp³-hybridized carbons (Fsp3) is 0.600. The molecule has 1 aliphatic rings. The molecule has 1 unspecified atom stereocenters. The van der Waals surface area contributed by atoms with E-state index >= 15 is 0 Å². The van der Waals surface area contributed by atoms with Gasteiger partial charge in [0.05, 0.1) is 17.1 Å². The van der Waals surface area contributed by atoms with Crippen molar-refractivity contribution in [2.45, 2.75) is 63.7 Å². The number of amides is 1. The second kappa shape index (κ2) is 9.70. The molecule has 4 nitrogen and oxygen atoms in total. The van der Waals surface area contributed by atoms with Gasteiger partial charge in [-0.1, -0.05) is 54.0 Å². The van der Waals surface area contributed by atoms with E-state index in [1.165, 1.54) is 18.6 Å². The Bertz CT molecular complexity index is 677. The van der Waals surface area contributed by atoms with Crippen LogP contribution >= 0.6 is 21.6 Å². The van der Waals surface area contributed by atoms with Gasteiger partial charge in [0.25, 0.3) is 0 Å². The number of aromatic nitrogens is 2. The number of imidazole rings is 1. The molecule has 6 heteroatoms. The van der Waals surface area contributed by atoms with Gasteiger partial charge in [-0.3, -0.25) is 4.79 Å². The molecule has 2 atom stereocenters. The van der Waals surface area contributed by atoms with Crippen LogP contribution in [0.1, 0.15) is 64.2 Å². The molecule has 0 bridgehead atoms. The number of aromatic amines is 1. The van der Waals surface area contributed by atoms with E-state index < -0.39 is 0 Å². The fourth-order valence-corrected chi connectivity index (χ4v) is 6.36. The number of fused-ring (bicyclic) bond motifs is 1. The minimum atomic E-state index is -0.0447. The summed E-state index contributed by atoms with van der Waals surface area (Å²) in [5.74, 6) is 2.78. The summed E-state index contributed by atoms with van der Waals surface area (Å²) in [6.45, 7) is 4.36. The van der Waals surface area contributed by atoms with Gasteiger partial charge < -0.3 is 10.3 Å². The summed E-state index contributed by atoms with van der Waals surface area (Å²) in [4.78, 5) is 20.5. The summed E-state index contributed by atoms with van der Waals surface area (Å²) < 4.78 is 0. The second-order valence-electron chi connectivity index (χ2n) is 7.46. The van der Waals surface area contributed by atoms with Gasteiger partial charge in [0.2, 0.25) is 5.91 Å². The van der Waals surface area contributed by atoms with Crippen LogP contribution in [0.5, 0.6) is 0 Å². The molecule has 2 aromatic rings. The number of hydrogen-bond acceptors (Lipinski definition) is 4. The van der Waals surface area contributed by atoms with E-state index in [0.717, 1.165) is 41.4 Å². The van der Waals surface area contributed by atoms with Crippen LogP contribution in [0.25, 0.3) is 11.0 Å². The lowest BCUT2D eigenvalue weighted by Gasteiger charge is -2.19. The van der Waals surface area contributed by atoms with E-state index in [0.29, 0.717) is 12.3 Å². The molecule has 1 aromatic carbocycles. The number of nitrogens with zero attached hydrogens (tertiary/aromatic N) is 1. The van der Waals surface area contributed by atoms with Crippen LogP contribution in [0.4, 0.5) is 0 Å². The molecule has 2 N–H and O–H groups in total. The lowest BCUT2D eigenvalue weighted by Crippen LogP contribution is -2.30. The lowest BCUT2D eigenvalue weighted by molar-refractivity contribution is -0.122. The number of H-pyrrole nitrogens is 1. The quantitative estimate of drug-likeness (QED) is 0.439. The van der Waals surface area contributed by atoms with Gasteiger partial charge in [-0.25, -0.2) is 4.98 Å². The Labute approximate surface area is 164 Å². The molecule has 1 amide bonds. The van der Waals surface area contributed by atoms with Crippen molar-refractivity contribution in [1.29, 1.82) is 0 Å². The summed E-state index contributed by atoms with van der Waals surface area (Å²) in [5, 5.41) is 4.01. The first kappa shape index (κ1) is 19.6. The summed E-state index contributed by atoms with van der Waals surface area (Å²) in [5.41, 5.74) is 1.98. The molecule has 1 aliphatic heterocycles. The van der Waals surface area contributed by atoms with E-state index in [1.807, 2.05) is 45.9 Å². The predicted octanol–water partition coefficient (Wildman–Crippen LogP) is 5.48. The molecule has 2 heterocycles. The average Bonchev–Trinajstić information content (AvgIpc) is 3.27. The highest BCUT2D eigenvalue weighted by Gasteiger charge is 2.20. The zero-order valence-corrected chi connectivity index (χ0v) is 17.3. The smallest absolute Gasteiger partial charge is 0.220 e. The molecule has 0 spiro atoms. The number of rotatable bonds is 9. The van der Waals surface area contributed by atoms with Gasteiger partial charge >= 0.3 is 0 Å². The highest BCUT2D eigenvalue weighted by Crippen LogP contribution is 2.39. The predicted molar refractivity (Wildman–Crippen MR) is 113 cm³/mol. The van der Waals surface area contributed by atoms with Crippen LogP contribution in [0.15, 0.2) is 24.3 Å². The molecule has 0 aliphatic carbocycles. The molecule has 0 saturated carbocycles. The molecule has 1 saturated heterocycles. The molecular formula is C20H29N3OS2. The number of hydrogen-bond donors (Lipinski definition) is 2. The van der Waals surface area contributed by atoms with Crippen molar-refractivity contribution in [3.63, 3.8) is 0 Å². The van der Waals surface area contributed by atoms with Crippen LogP contribution in [-0.4, -0.2) is 26.9 Å². The summed E-state index contributed by atoms with van der Waals surface area (Å²) in [6.07, 6.45) is 6.18. The van der Waals surface area contributed by atoms with Crippen molar-refractivity contribution in [1.82, 2.24) is 15.3 Å². The van der Waals surface area contributed by atoms with Crippen LogP contribution < -0.4 is 5.32 Å². The topological polar surface area (TPSA) is 57.8 Å². The van der Waals surface area contributed by atoms with Crippen LogP contribution in [-0.2, 0) is 4.79 Å². The van der Waals surface area contributed by atoms with E-state index in [-0.39, 0.29) is 11.9 Å². The highest BCUT2D eigenvalue weighted by molar-refractivity contribution is 8.77. The van der Waals surface area contributed by atoms with Gasteiger partial charge in [-0.15, -0.1) is 0 Å². The molecular weight excluding hydrogens is 362 g/mol. The number of carbonyl (C=O) groups excluding carboxylic acids is 1. The Morgan fingerprint density at radius 2 is 2.19 bits per heavy atom. The van der Waals surface area contributed by atoms with Crippen molar-refractivity contribution in [2.75, 3.05) is 5.75 Å². The second-order valence-corrected chi connectivity index (χ2v) is 10.3. The maximum absolute atomic E-state index is 12.5. The minimum Gasteiger partial charge on any atom is -0.346 e. The normalized spacial score (nSPS) is 18.5. The number of carbonyl (C=O) groups is 1. The van der Waals surface area contributed by atoms with Crippen molar-refractivity contribution < 1.29 is 4.79 Å². The van der Waals surface area contributed by atoms with Gasteiger partial charge in [0.15, 0.2) is 0 Å². The Morgan fingerprint density at radius 1 is 1.35 bits per heavy atom. The van der Waals surface area contributed by atoms with Crippen molar-refractivity contribution in [2.24, 2.45) is 5.92 Å². The zero-order valence-electron chi connectivity index (χ0n) is 15.7. The van der Waals surface area contributed by atoms with Gasteiger partial charge in [-0.2, -0.15) is 0 Å². The zero-order chi connectivity index (χ0) is 18.4. The third kappa shape index (κ3) is 5.68. The van der Waals surface area contributed by atoms with Gasteiger partial charge in [0.1, 0.15) is 5.82 Å². The van der Waals surface area contributed by atoms with Gasteiger partial charge in [0, 0.05) is 17.4 Å². The van der Waals surface area contributed by atoms with Crippen LogP contribution in [0, 0.1) is 5.92 Å². The molecule has 0 radical (unpaired) electrons. The first-order valence-electron chi connectivity index (χ1n) is 9.64. The largest absolute Gasteiger partial charge is 0.346 e. The summed E-state index contributed by atoms with van der Waals surface area (Å²) in [7, 11) is 4.01. The Kier molecular flexibility index (Phi) is 7.32. The third-order valence-corrected chi connectivity index (χ3v) is 7.69. The first-order chi connectivity index (χ1) is 12.6. The highest BCUT2D eigenvalue weighted by atomic mass is 33.1. The Morgan fingerprint density at radius 3 is 2.92 bits per heavy atom. The lowest BCUT2D eigenvalue weighted by atomic mass is 10.0. The van der Waals surface area contributed by atoms with Crippen LogP contribution in [0.3, 0.4) is 0 Å².